The molecule has 0 unspecified atom stereocenters. The lowest BCUT2D eigenvalue weighted by atomic mass is 10.2. The summed E-state index contributed by atoms with van der Waals surface area (Å²) in [7, 11) is 1.63. The minimum absolute atomic E-state index is 0.508. The van der Waals surface area contributed by atoms with Crippen molar-refractivity contribution in [3.63, 3.8) is 0 Å². The first-order valence-electron chi connectivity index (χ1n) is 6.71. The first kappa shape index (κ1) is 14.6. The fourth-order valence-electron chi connectivity index (χ4n) is 1.89. The molecule has 0 bridgehead atoms. The lowest BCUT2D eigenvalue weighted by molar-refractivity contribution is 0.391. The van der Waals surface area contributed by atoms with Crippen LogP contribution in [0.15, 0.2) is 39.4 Å². The van der Waals surface area contributed by atoms with Gasteiger partial charge < -0.3 is 13.8 Å². The highest BCUT2D eigenvalue weighted by Crippen LogP contribution is 2.22. The summed E-state index contributed by atoms with van der Waals surface area (Å²) in [5.41, 5.74) is 1.76. The van der Waals surface area contributed by atoms with Crippen molar-refractivity contribution in [3.8, 4) is 17.2 Å². The summed E-state index contributed by atoms with van der Waals surface area (Å²) in [6, 6.07) is 9.42. The summed E-state index contributed by atoms with van der Waals surface area (Å²) in [5, 5.41) is 7.84. The van der Waals surface area contributed by atoms with Crippen LogP contribution in [0.4, 0.5) is 0 Å². The number of benzene rings is 1. The number of thioether (sulfide) groups is 1. The van der Waals surface area contributed by atoms with Crippen molar-refractivity contribution < 1.29 is 13.8 Å². The fraction of sp³-hybridized carbons (Fsp3) is 0.267. The van der Waals surface area contributed by atoms with Crippen LogP contribution in [0.2, 0.25) is 0 Å². The number of ether oxygens (including phenoxy) is 1. The van der Waals surface area contributed by atoms with Crippen molar-refractivity contribution in [2.45, 2.75) is 18.4 Å². The van der Waals surface area contributed by atoms with Crippen LogP contribution < -0.4 is 4.74 Å². The van der Waals surface area contributed by atoms with Crippen molar-refractivity contribution in [2.75, 3.05) is 7.11 Å². The topological polar surface area (TPSA) is 74.2 Å². The molecule has 0 saturated carbocycles. The molecule has 3 aromatic rings. The Bertz CT molecular complexity index is 737. The number of hydrogen-bond donors (Lipinski definition) is 0. The number of rotatable bonds is 6. The first-order valence-corrected chi connectivity index (χ1v) is 7.87. The maximum Gasteiger partial charge on any atom is 0.257 e. The average Bonchev–Trinajstić information content (AvgIpc) is 3.17. The molecule has 2 aromatic heterocycles. The molecular weight excluding hydrogens is 302 g/mol. The minimum Gasteiger partial charge on any atom is -0.497 e. The molecule has 2 heterocycles. The SMILES string of the molecule is COc1ccc(-c2nc(CSCc3cc(C)no3)no2)cc1. The van der Waals surface area contributed by atoms with Gasteiger partial charge in [-0.3, -0.25) is 0 Å². The molecule has 0 radical (unpaired) electrons. The van der Waals surface area contributed by atoms with Crippen LogP contribution >= 0.6 is 11.8 Å². The lowest BCUT2D eigenvalue weighted by Gasteiger charge is -1.98. The van der Waals surface area contributed by atoms with E-state index in [9.17, 15) is 0 Å². The summed E-state index contributed by atoms with van der Waals surface area (Å²) in [4.78, 5) is 4.39. The Morgan fingerprint density at radius 1 is 1.09 bits per heavy atom. The minimum atomic E-state index is 0.508. The van der Waals surface area contributed by atoms with Gasteiger partial charge in [0.15, 0.2) is 5.82 Å². The highest BCUT2D eigenvalue weighted by molar-refractivity contribution is 7.97. The van der Waals surface area contributed by atoms with Crippen molar-refractivity contribution in [3.05, 3.63) is 47.6 Å². The van der Waals surface area contributed by atoms with Gasteiger partial charge in [-0.1, -0.05) is 10.3 Å². The van der Waals surface area contributed by atoms with Gasteiger partial charge in [0.25, 0.3) is 5.89 Å². The van der Waals surface area contributed by atoms with Gasteiger partial charge in [-0.15, -0.1) is 11.8 Å². The van der Waals surface area contributed by atoms with Crippen LogP contribution in [0.3, 0.4) is 0 Å². The number of aromatic nitrogens is 3. The second-order valence-corrected chi connectivity index (χ2v) is 5.66. The zero-order valence-corrected chi connectivity index (χ0v) is 13.1. The molecule has 0 amide bonds. The van der Waals surface area contributed by atoms with Crippen LogP contribution in [0.5, 0.6) is 5.75 Å². The van der Waals surface area contributed by atoms with E-state index in [1.807, 2.05) is 37.3 Å². The first-order chi connectivity index (χ1) is 10.7. The van der Waals surface area contributed by atoms with E-state index in [1.165, 1.54) is 0 Å². The number of nitrogens with zero attached hydrogens (tertiary/aromatic N) is 3. The smallest absolute Gasteiger partial charge is 0.257 e. The zero-order chi connectivity index (χ0) is 15.4. The summed E-state index contributed by atoms with van der Waals surface area (Å²) in [6.45, 7) is 1.90. The van der Waals surface area contributed by atoms with Crippen molar-refractivity contribution in [1.82, 2.24) is 15.3 Å². The van der Waals surface area contributed by atoms with Gasteiger partial charge >= 0.3 is 0 Å². The monoisotopic (exact) mass is 317 g/mol. The molecule has 0 atom stereocenters. The summed E-state index contributed by atoms with van der Waals surface area (Å²) < 4.78 is 15.6. The Kier molecular flexibility index (Phi) is 4.43. The molecule has 0 aliphatic heterocycles. The molecule has 3 rings (SSSR count). The van der Waals surface area contributed by atoms with Crippen molar-refractivity contribution >= 4 is 11.8 Å². The Morgan fingerprint density at radius 2 is 1.91 bits per heavy atom. The normalized spacial score (nSPS) is 10.8. The van der Waals surface area contributed by atoms with Crippen molar-refractivity contribution in [2.24, 2.45) is 0 Å². The highest BCUT2D eigenvalue weighted by atomic mass is 32.2. The Hall–Kier alpha value is -2.28. The molecule has 1 aromatic carbocycles. The largest absolute Gasteiger partial charge is 0.497 e. The van der Waals surface area contributed by atoms with Gasteiger partial charge in [-0.05, 0) is 31.2 Å². The number of hydrogen-bond acceptors (Lipinski definition) is 7. The standard InChI is InChI=1S/C15H15N3O3S/c1-10-7-13(20-17-10)8-22-9-14-16-15(21-18-14)11-3-5-12(19-2)6-4-11/h3-7H,8-9H2,1-2H3. The fourth-order valence-corrected chi connectivity index (χ4v) is 2.63. The van der Waals surface area contributed by atoms with Crippen LogP contribution in [-0.4, -0.2) is 22.4 Å². The van der Waals surface area contributed by atoms with Gasteiger partial charge in [0, 0.05) is 11.6 Å². The second kappa shape index (κ2) is 6.65. The Labute approximate surface area is 131 Å². The van der Waals surface area contributed by atoms with E-state index in [0.717, 1.165) is 28.5 Å². The third-order valence-corrected chi connectivity index (χ3v) is 3.91. The molecule has 0 fully saturated rings. The third-order valence-electron chi connectivity index (χ3n) is 2.96. The van der Waals surface area contributed by atoms with Gasteiger partial charge in [0.2, 0.25) is 0 Å². The molecule has 0 spiro atoms. The van der Waals surface area contributed by atoms with E-state index < -0.39 is 0 Å². The zero-order valence-electron chi connectivity index (χ0n) is 12.3. The van der Waals surface area contributed by atoms with Gasteiger partial charge in [0.1, 0.15) is 11.5 Å². The average molecular weight is 317 g/mol. The Morgan fingerprint density at radius 3 is 2.59 bits per heavy atom. The molecule has 114 valence electrons. The molecule has 22 heavy (non-hydrogen) atoms. The highest BCUT2D eigenvalue weighted by Gasteiger charge is 2.09. The molecule has 0 N–H and O–H groups in total. The van der Waals surface area contributed by atoms with E-state index in [1.54, 1.807) is 18.9 Å². The van der Waals surface area contributed by atoms with Gasteiger partial charge in [-0.25, -0.2) is 0 Å². The third kappa shape index (κ3) is 3.48. The van der Waals surface area contributed by atoms with Crippen LogP contribution in [0, 0.1) is 6.92 Å². The van der Waals surface area contributed by atoms with E-state index in [2.05, 4.69) is 15.3 Å². The maximum absolute atomic E-state index is 5.28. The van der Waals surface area contributed by atoms with Gasteiger partial charge in [-0.2, -0.15) is 4.98 Å². The maximum atomic E-state index is 5.28. The van der Waals surface area contributed by atoms with E-state index in [-0.39, 0.29) is 0 Å². The second-order valence-electron chi connectivity index (χ2n) is 4.67. The molecule has 0 aliphatic carbocycles. The predicted octanol–water partition coefficient (Wildman–Crippen LogP) is 3.48. The molecule has 6 nitrogen and oxygen atoms in total. The van der Waals surface area contributed by atoms with E-state index in [0.29, 0.717) is 17.5 Å². The lowest BCUT2D eigenvalue weighted by Crippen LogP contribution is -1.86. The summed E-state index contributed by atoms with van der Waals surface area (Å²) >= 11 is 1.65. The van der Waals surface area contributed by atoms with E-state index >= 15 is 0 Å². The predicted molar refractivity (Wildman–Crippen MR) is 82.5 cm³/mol. The van der Waals surface area contributed by atoms with Crippen molar-refractivity contribution in [1.29, 1.82) is 0 Å². The molecule has 0 saturated heterocycles. The molecular formula is C15H15N3O3S. The Balaban J connectivity index is 1.58. The number of methoxy groups -OCH3 is 1. The van der Waals surface area contributed by atoms with Gasteiger partial charge in [0.05, 0.1) is 24.3 Å². The summed E-state index contributed by atoms with van der Waals surface area (Å²) in [5.74, 6) is 4.19. The van der Waals surface area contributed by atoms with Crippen LogP contribution in [-0.2, 0) is 11.5 Å². The summed E-state index contributed by atoms with van der Waals surface area (Å²) in [6.07, 6.45) is 0. The molecule has 0 aliphatic rings. The quantitative estimate of drug-likeness (QED) is 0.689. The van der Waals surface area contributed by atoms with Crippen LogP contribution in [0.25, 0.3) is 11.5 Å². The molecule has 7 heteroatoms. The number of aryl methyl sites for hydroxylation is 1. The van der Waals surface area contributed by atoms with Crippen LogP contribution in [0.1, 0.15) is 17.3 Å². The van der Waals surface area contributed by atoms with E-state index in [4.69, 9.17) is 13.8 Å².